The Balaban J connectivity index is 1.78. The normalized spacial score (nSPS) is 15.8. The van der Waals surface area contributed by atoms with Crippen LogP contribution in [0.2, 0.25) is 5.15 Å². The number of hydrogen-bond donors (Lipinski definition) is 2. The van der Waals surface area contributed by atoms with Crippen molar-refractivity contribution in [2.45, 2.75) is 38.6 Å². The Bertz CT molecular complexity index is 1260. The molecule has 2 N–H and O–H groups in total. The summed E-state index contributed by atoms with van der Waals surface area (Å²) in [6.45, 7) is 5.80. The maximum absolute atomic E-state index is 11.7. The number of hydrogen-bond acceptors (Lipinski definition) is 7. The quantitative estimate of drug-likeness (QED) is 0.529. The molecule has 0 radical (unpaired) electrons. The second-order valence-corrected chi connectivity index (χ2v) is 8.96. The lowest BCUT2D eigenvalue weighted by Crippen LogP contribution is -2.30. The zero-order valence-corrected chi connectivity index (χ0v) is 19.5. The summed E-state index contributed by atoms with van der Waals surface area (Å²) in [4.78, 5) is 27.5. The molecule has 0 saturated carbocycles. The highest BCUT2D eigenvalue weighted by molar-refractivity contribution is 6.29. The van der Waals surface area contributed by atoms with Gasteiger partial charge in [-0.1, -0.05) is 17.7 Å². The number of pyridine rings is 1. The molecule has 170 valence electrons. The van der Waals surface area contributed by atoms with Gasteiger partial charge in [0.05, 0.1) is 28.5 Å². The van der Waals surface area contributed by atoms with Crippen molar-refractivity contribution in [3.05, 3.63) is 57.6 Å². The maximum Gasteiger partial charge on any atom is 0.356 e. The highest BCUT2D eigenvalue weighted by atomic mass is 35.5. The molecule has 4 rings (SSSR count). The number of carbonyl (C=O) groups is 1. The molecule has 8 nitrogen and oxygen atoms in total. The summed E-state index contributed by atoms with van der Waals surface area (Å²) in [5.41, 5.74) is 4.57. The molecule has 1 saturated heterocycles. The monoisotopic (exact) mass is 464 g/mol. The molecule has 0 unspecified atom stereocenters. The van der Waals surface area contributed by atoms with E-state index in [0.717, 1.165) is 42.8 Å². The van der Waals surface area contributed by atoms with E-state index in [1.54, 1.807) is 12.1 Å². The minimum absolute atomic E-state index is 0.115. The van der Waals surface area contributed by atoms with Crippen LogP contribution in [0.4, 0.5) is 5.69 Å². The van der Waals surface area contributed by atoms with Gasteiger partial charge in [-0.2, -0.15) is 5.26 Å². The van der Waals surface area contributed by atoms with E-state index in [2.05, 4.69) is 33.3 Å². The number of likely N-dealkylation sites (tertiary alicyclic amines) is 1. The molecule has 0 aliphatic carbocycles. The van der Waals surface area contributed by atoms with Crippen molar-refractivity contribution in [1.29, 1.82) is 5.26 Å². The number of nitrogens with one attached hydrogen (secondary N) is 1. The van der Waals surface area contributed by atoms with Crippen molar-refractivity contribution in [2.24, 2.45) is 0 Å². The molecule has 1 aliphatic rings. The van der Waals surface area contributed by atoms with Gasteiger partial charge >= 0.3 is 5.97 Å². The molecule has 0 spiro atoms. The van der Waals surface area contributed by atoms with Crippen molar-refractivity contribution in [1.82, 2.24) is 19.9 Å². The van der Waals surface area contributed by atoms with Crippen molar-refractivity contribution in [3.8, 4) is 6.07 Å². The summed E-state index contributed by atoms with van der Waals surface area (Å²) in [6.07, 6.45) is 1.86. The minimum atomic E-state index is -1.16. The number of aromatic carboxylic acids is 1. The summed E-state index contributed by atoms with van der Waals surface area (Å²) in [6, 6.07) is 9.05. The number of fused-ring (bicyclic) bond motifs is 1. The Kier molecular flexibility index (Phi) is 6.45. The topological polar surface area (TPSA) is 115 Å². The first-order chi connectivity index (χ1) is 15.8. The molecule has 9 heteroatoms. The van der Waals surface area contributed by atoms with Crippen LogP contribution in [0.1, 0.15) is 64.7 Å². The zero-order chi connectivity index (χ0) is 23.7. The van der Waals surface area contributed by atoms with Crippen LogP contribution in [0.3, 0.4) is 0 Å². The van der Waals surface area contributed by atoms with E-state index in [4.69, 9.17) is 16.6 Å². The molecule has 1 aliphatic heterocycles. The van der Waals surface area contributed by atoms with Gasteiger partial charge in [0.1, 0.15) is 11.2 Å². The summed E-state index contributed by atoms with van der Waals surface area (Å²) in [5.74, 6) is -0.978. The van der Waals surface area contributed by atoms with Gasteiger partial charge in [0.25, 0.3) is 0 Å². The smallest absolute Gasteiger partial charge is 0.356 e. The second kappa shape index (κ2) is 9.30. The van der Waals surface area contributed by atoms with E-state index >= 15 is 0 Å². The van der Waals surface area contributed by atoms with Crippen LogP contribution in [-0.4, -0.2) is 51.1 Å². The molecule has 1 fully saturated rings. The molecule has 2 aromatic heterocycles. The van der Waals surface area contributed by atoms with E-state index in [1.165, 1.54) is 0 Å². The van der Waals surface area contributed by atoms with E-state index in [1.807, 2.05) is 26.0 Å². The largest absolute Gasteiger partial charge is 0.476 e. The molecular formula is C24H25ClN6O2. The Hall–Kier alpha value is -3.28. The molecule has 33 heavy (non-hydrogen) atoms. The van der Waals surface area contributed by atoms with Crippen LogP contribution in [0, 0.1) is 18.3 Å². The lowest BCUT2D eigenvalue weighted by molar-refractivity contribution is 0.0691. The van der Waals surface area contributed by atoms with Crippen LogP contribution in [-0.2, 0) is 0 Å². The third-order valence-electron chi connectivity index (χ3n) is 6.08. The third-order valence-corrected chi connectivity index (χ3v) is 6.29. The van der Waals surface area contributed by atoms with Gasteiger partial charge in [0, 0.05) is 11.5 Å². The number of benzene rings is 1. The number of aromatic nitrogens is 3. The lowest BCUT2D eigenvalue weighted by Gasteiger charge is -2.29. The van der Waals surface area contributed by atoms with Crippen LogP contribution in [0.15, 0.2) is 24.3 Å². The lowest BCUT2D eigenvalue weighted by atomic mass is 9.91. The van der Waals surface area contributed by atoms with Gasteiger partial charge in [-0.3, -0.25) is 0 Å². The first kappa shape index (κ1) is 22.9. The molecular weight excluding hydrogens is 440 g/mol. The van der Waals surface area contributed by atoms with Gasteiger partial charge in [-0.25, -0.2) is 19.7 Å². The second-order valence-electron chi connectivity index (χ2n) is 8.57. The number of carboxylic acids is 1. The number of anilines is 1. The fourth-order valence-corrected chi connectivity index (χ4v) is 4.50. The molecule has 1 aromatic carbocycles. The van der Waals surface area contributed by atoms with Gasteiger partial charge in [0.15, 0.2) is 11.4 Å². The molecule has 1 atom stereocenters. The van der Waals surface area contributed by atoms with Crippen molar-refractivity contribution in [2.75, 3.05) is 25.5 Å². The van der Waals surface area contributed by atoms with E-state index in [0.29, 0.717) is 22.4 Å². The number of carboxylic acid groups (broad SMARTS) is 1. The highest BCUT2D eigenvalue weighted by Gasteiger charge is 2.25. The average molecular weight is 465 g/mol. The fourth-order valence-electron chi connectivity index (χ4n) is 4.35. The number of piperidine rings is 1. The van der Waals surface area contributed by atoms with Crippen molar-refractivity contribution in [3.63, 3.8) is 0 Å². The zero-order valence-electron chi connectivity index (χ0n) is 18.8. The Labute approximate surface area is 197 Å². The van der Waals surface area contributed by atoms with Crippen molar-refractivity contribution < 1.29 is 9.90 Å². The van der Waals surface area contributed by atoms with Gasteiger partial charge in [-0.15, -0.1) is 0 Å². The van der Waals surface area contributed by atoms with Crippen molar-refractivity contribution >= 4 is 34.3 Å². The number of nitrogens with zero attached hydrogens (tertiary/aromatic N) is 5. The maximum atomic E-state index is 11.7. The first-order valence-corrected chi connectivity index (χ1v) is 11.2. The molecule has 0 bridgehead atoms. The van der Waals surface area contributed by atoms with Crippen LogP contribution in [0.5, 0.6) is 0 Å². The van der Waals surface area contributed by atoms with Crippen LogP contribution in [0.25, 0.3) is 11.0 Å². The van der Waals surface area contributed by atoms with E-state index in [9.17, 15) is 15.2 Å². The minimum Gasteiger partial charge on any atom is -0.476 e. The number of aryl methyl sites for hydroxylation is 1. The SMILES string of the molecule is Cc1cc([C@@H](C)Nc2ccc(Cl)nc2C(=O)O)c2nc(C3CCN(C)CC3)c(C#N)nc2c1. The van der Waals surface area contributed by atoms with E-state index < -0.39 is 5.97 Å². The summed E-state index contributed by atoms with van der Waals surface area (Å²) >= 11 is 5.89. The van der Waals surface area contributed by atoms with Gasteiger partial charge in [-0.05, 0) is 70.6 Å². The number of nitriles is 1. The Morgan fingerprint density at radius 1 is 1.27 bits per heavy atom. The molecule has 3 heterocycles. The third kappa shape index (κ3) is 4.75. The number of halogens is 1. The summed E-state index contributed by atoms with van der Waals surface area (Å²) in [7, 11) is 2.10. The molecule has 0 amide bonds. The first-order valence-electron chi connectivity index (χ1n) is 10.8. The Morgan fingerprint density at radius 3 is 2.67 bits per heavy atom. The predicted molar refractivity (Wildman–Crippen MR) is 127 cm³/mol. The van der Waals surface area contributed by atoms with E-state index in [-0.39, 0.29) is 22.8 Å². The summed E-state index contributed by atoms with van der Waals surface area (Å²) < 4.78 is 0. The standard InChI is InChI=1S/C24H25ClN6O2/c1-13-10-16(14(2)27-17-4-5-20(25)29-23(17)24(32)33)22-18(11-13)28-19(12-26)21(30-22)15-6-8-31(3)9-7-15/h4-5,10-11,14-15,27H,6-9H2,1-3H3,(H,32,33)/t14-/m1/s1. The molecule has 3 aromatic rings. The summed E-state index contributed by atoms with van der Waals surface area (Å²) in [5, 5.41) is 22.7. The number of rotatable bonds is 5. The van der Waals surface area contributed by atoms with Gasteiger partial charge in [0.2, 0.25) is 0 Å². The predicted octanol–water partition coefficient (Wildman–Crippen LogP) is 4.54. The van der Waals surface area contributed by atoms with Crippen LogP contribution < -0.4 is 5.32 Å². The highest BCUT2D eigenvalue weighted by Crippen LogP contribution is 2.33. The Morgan fingerprint density at radius 2 is 2.00 bits per heavy atom. The fraction of sp³-hybridized carbons (Fsp3) is 0.375. The average Bonchev–Trinajstić information content (AvgIpc) is 2.79. The van der Waals surface area contributed by atoms with Gasteiger partial charge < -0.3 is 15.3 Å². The van der Waals surface area contributed by atoms with Crippen LogP contribution >= 0.6 is 11.6 Å².